The molecule has 0 aliphatic carbocycles. The normalized spacial score (nSPS) is 16.0. The largest absolute Gasteiger partial charge is 0.480 e. The Morgan fingerprint density at radius 1 is 1.11 bits per heavy atom. The second-order valence-corrected chi connectivity index (χ2v) is 6.25. The van der Waals surface area contributed by atoms with Crippen molar-refractivity contribution in [2.75, 3.05) is 33.2 Å². The molecule has 2 heterocycles. The minimum Gasteiger partial charge on any atom is -0.480 e. The van der Waals surface area contributed by atoms with E-state index in [1.54, 1.807) is 46.2 Å². The third kappa shape index (κ3) is 4.01. The molecule has 0 bridgehead atoms. The summed E-state index contributed by atoms with van der Waals surface area (Å²) in [5.74, 6) is -1.19. The number of piperazine rings is 1. The van der Waals surface area contributed by atoms with Crippen molar-refractivity contribution in [3.05, 3.63) is 59.5 Å². The third-order valence-corrected chi connectivity index (χ3v) is 4.62. The van der Waals surface area contributed by atoms with Gasteiger partial charge in [-0.3, -0.25) is 19.3 Å². The van der Waals surface area contributed by atoms with Crippen LogP contribution in [-0.4, -0.2) is 65.9 Å². The summed E-state index contributed by atoms with van der Waals surface area (Å²) in [6, 6.07) is 9.00. The zero-order valence-electron chi connectivity index (χ0n) is 14.9. The van der Waals surface area contributed by atoms with Gasteiger partial charge in [0.25, 0.3) is 11.8 Å². The monoisotopic (exact) mass is 371 g/mol. The fourth-order valence-corrected chi connectivity index (χ4v) is 3.24. The lowest BCUT2D eigenvalue weighted by Gasteiger charge is -2.37. The van der Waals surface area contributed by atoms with Crippen LogP contribution in [0.5, 0.6) is 0 Å². The molecule has 3 rings (SSSR count). The molecule has 1 aliphatic rings. The van der Waals surface area contributed by atoms with Gasteiger partial charge in [0.2, 0.25) is 0 Å². The van der Waals surface area contributed by atoms with Gasteiger partial charge in [0.1, 0.15) is 6.04 Å². The Bertz CT molecular complexity index is 826. The number of aliphatic carboxylic acids is 1. The molecule has 1 aromatic heterocycles. The number of furan rings is 1. The number of nitrogens with zero attached hydrogens (tertiary/aromatic N) is 2. The van der Waals surface area contributed by atoms with Crippen molar-refractivity contribution in [1.82, 2.24) is 15.1 Å². The fourth-order valence-electron chi connectivity index (χ4n) is 3.24. The van der Waals surface area contributed by atoms with Gasteiger partial charge in [0, 0.05) is 38.8 Å². The Morgan fingerprint density at radius 3 is 2.44 bits per heavy atom. The third-order valence-electron chi connectivity index (χ3n) is 4.62. The van der Waals surface area contributed by atoms with E-state index in [9.17, 15) is 19.5 Å². The molecule has 1 saturated heterocycles. The number of hydrogen-bond acceptors (Lipinski definition) is 5. The van der Waals surface area contributed by atoms with E-state index in [0.717, 1.165) is 0 Å². The van der Waals surface area contributed by atoms with Crippen molar-refractivity contribution in [1.29, 1.82) is 0 Å². The molecule has 1 aliphatic heterocycles. The quantitative estimate of drug-likeness (QED) is 0.819. The van der Waals surface area contributed by atoms with E-state index in [-0.39, 0.29) is 17.6 Å². The molecule has 1 fully saturated rings. The molecule has 2 aromatic rings. The van der Waals surface area contributed by atoms with Gasteiger partial charge in [0.05, 0.1) is 6.26 Å². The maximum Gasteiger partial charge on any atom is 0.325 e. The van der Waals surface area contributed by atoms with Crippen molar-refractivity contribution in [3.63, 3.8) is 0 Å². The van der Waals surface area contributed by atoms with Crippen LogP contribution in [0.25, 0.3) is 0 Å². The summed E-state index contributed by atoms with van der Waals surface area (Å²) in [7, 11) is 1.53. The van der Waals surface area contributed by atoms with Crippen LogP contribution in [0.3, 0.4) is 0 Å². The summed E-state index contributed by atoms with van der Waals surface area (Å²) < 4.78 is 5.14. The minimum absolute atomic E-state index is 0.201. The number of carboxylic acids is 1. The van der Waals surface area contributed by atoms with Crippen molar-refractivity contribution in [2.24, 2.45) is 0 Å². The number of carbonyl (C=O) groups excluding carboxylic acids is 2. The molecular formula is C19H21N3O5. The van der Waals surface area contributed by atoms with Crippen molar-refractivity contribution in [3.8, 4) is 0 Å². The molecule has 0 unspecified atom stereocenters. The number of rotatable bonds is 5. The smallest absolute Gasteiger partial charge is 0.325 e. The molecule has 0 spiro atoms. The highest BCUT2D eigenvalue weighted by Gasteiger charge is 2.32. The van der Waals surface area contributed by atoms with E-state index in [1.165, 1.54) is 13.3 Å². The summed E-state index contributed by atoms with van der Waals surface area (Å²) in [4.78, 5) is 39.6. The van der Waals surface area contributed by atoms with E-state index in [2.05, 4.69) is 5.32 Å². The first kappa shape index (κ1) is 18.7. The van der Waals surface area contributed by atoms with E-state index < -0.39 is 12.0 Å². The zero-order chi connectivity index (χ0) is 19.4. The summed E-state index contributed by atoms with van der Waals surface area (Å²) in [5.41, 5.74) is 0.947. The highest BCUT2D eigenvalue weighted by molar-refractivity contribution is 5.94. The molecule has 1 atom stereocenters. The SMILES string of the molecule is CNC(=O)c1cccc([C@H](C(=O)O)N2CCN(C(=O)c3ccco3)CC2)c1. The highest BCUT2D eigenvalue weighted by Crippen LogP contribution is 2.24. The molecule has 8 heteroatoms. The van der Waals surface area contributed by atoms with Crippen LogP contribution in [0, 0.1) is 0 Å². The fraction of sp³-hybridized carbons (Fsp3) is 0.316. The summed E-state index contributed by atoms with van der Waals surface area (Å²) >= 11 is 0. The van der Waals surface area contributed by atoms with Gasteiger partial charge >= 0.3 is 5.97 Å². The van der Waals surface area contributed by atoms with Gasteiger partial charge in [-0.15, -0.1) is 0 Å². The van der Waals surface area contributed by atoms with Crippen LogP contribution in [0.1, 0.15) is 32.5 Å². The molecule has 0 radical (unpaired) electrons. The van der Waals surface area contributed by atoms with Crippen LogP contribution in [-0.2, 0) is 4.79 Å². The lowest BCUT2D eigenvalue weighted by atomic mass is 10.0. The molecule has 1 aromatic carbocycles. The Hall–Kier alpha value is -3.13. The van der Waals surface area contributed by atoms with E-state index in [4.69, 9.17) is 4.42 Å². The molecule has 2 N–H and O–H groups in total. The number of amides is 2. The van der Waals surface area contributed by atoms with Crippen molar-refractivity contribution >= 4 is 17.8 Å². The Morgan fingerprint density at radius 2 is 1.85 bits per heavy atom. The number of carboxylic acid groups (broad SMARTS) is 1. The van der Waals surface area contributed by atoms with Crippen LogP contribution in [0.15, 0.2) is 47.1 Å². The van der Waals surface area contributed by atoms with Gasteiger partial charge in [-0.2, -0.15) is 0 Å². The number of hydrogen-bond donors (Lipinski definition) is 2. The van der Waals surface area contributed by atoms with Crippen molar-refractivity contribution < 1.29 is 23.9 Å². The second kappa shape index (κ2) is 8.05. The number of benzene rings is 1. The predicted molar refractivity (Wildman–Crippen MR) is 96.4 cm³/mol. The molecule has 142 valence electrons. The Labute approximate surface area is 156 Å². The van der Waals surface area contributed by atoms with Crippen LogP contribution < -0.4 is 5.32 Å². The van der Waals surface area contributed by atoms with Crippen LogP contribution >= 0.6 is 0 Å². The maximum atomic E-state index is 12.3. The Balaban J connectivity index is 1.73. The minimum atomic E-state index is -0.991. The molecule has 0 saturated carbocycles. The highest BCUT2D eigenvalue weighted by atomic mass is 16.4. The average Bonchev–Trinajstić information content (AvgIpc) is 3.22. The van der Waals surface area contributed by atoms with Gasteiger partial charge < -0.3 is 19.7 Å². The predicted octanol–water partition coefficient (Wildman–Crippen LogP) is 1.22. The Kier molecular flexibility index (Phi) is 5.56. The second-order valence-electron chi connectivity index (χ2n) is 6.25. The first-order chi connectivity index (χ1) is 13.0. The van der Waals surface area contributed by atoms with Crippen molar-refractivity contribution in [2.45, 2.75) is 6.04 Å². The molecule has 8 nitrogen and oxygen atoms in total. The van der Waals surface area contributed by atoms with Crippen LogP contribution in [0.4, 0.5) is 0 Å². The maximum absolute atomic E-state index is 12.3. The van der Waals surface area contributed by atoms with E-state index >= 15 is 0 Å². The number of nitrogens with one attached hydrogen (secondary N) is 1. The van der Waals surface area contributed by atoms with E-state index in [1.807, 2.05) is 0 Å². The van der Waals surface area contributed by atoms with Crippen LogP contribution in [0.2, 0.25) is 0 Å². The lowest BCUT2D eigenvalue weighted by molar-refractivity contribution is -0.144. The first-order valence-corrected chi connectivity index (χ1v) is 8.63. The zero-order valence-corrected chi connectivity index (χ0v) is 14.9. The van der Waals surface area contributed by atoms with Gasteiger partial charge in [0.15, 0.2) is 5.76 Å². The topological polar surface area (TPSA) is 103 Å². The molecule has 27 heavy (non-hydrogen) atoms. The molecule has 2 amide bonds. The van der Waals surface area contributed by atoms with Gasteiger partial charge in [-0.05, 0) is 29.8 Å². The summed E-state index contributed by atoms with van der Waals surface area (Å²) in [5, 5.41) is 12.3. The lowest BCUT2D eigenvalue weighted by Crippen LogP contribution is -2.51. The summed E-state index contributed by atoms with van der Waals surface area (Å²) in [6.45, 7) is 1.62. The first-order valence-electron chi connectivity index (χ1n) is 8.63. The van der Waals surface area contributed by atoms with Gasteiger partial charge in [-0.1, -0.05) is 12.1 Å². The molecular weight excluding hydrogens is 350 g/mol. The average molecular weight is 371 g/mol. The summed E-state index contributed by atoms with van der Waals surface area (Å²) in [6.07, 6.45) is 1.45. The van der Waals surface area contributed by atoms with E-state index in [0.29, 0.717) is 37.3 Å². The van der Waals surface area contributed by atoms with Gasteiger partial charge in [-0.25, -0.2) is 0 Å². The number of carbonyl (C=O) groups is 3. The standard InChI is InChI=1S/C19H21N3O5/c1-20-17(23)14-5-2-4-13(12-14)16(19(25)26)21-7-9-22(10-8-21)18(24)15-6-3-11-27-15/h2-6,11-12,16H,7-10H2,1H3,(H,20,23)(H,25,26)/t16-/m1/s1.